The van der Waals surface area contributed by atoms with Crippen molar-refractivity contribution in [3.05, 3.63) is 119 Å². The lowest BCUT2D eigenvalue weighted by Gasteiger charge is -2.18. The Kier molecular flexibility index (Phi) is 9.21. The summed E-state index contributed by atoms with van der Waals surface area (Å²) in [6.45, 7) is 5.69. The molecule has 0 aliphatic heterocycles. The number of aliphatic carboxylic acids is 1. The number of carbonyl (C=O) groups is 2. The molecule has 4 aromatic rings. The normalized spacial score (nSPS) is 12.0. The molecule has 0 heterocycles. The van der Waals surface area contributed by atoms with Crippen LogP contribution in [0, 0.1) is 20.8 Å². The molecule has 0 bridgehead atoms. The third-order valence-corrected chi connectivity index (χ3v) is 8.39. The Morgan fingerprint density at radius 3 is 2.07 bits per heavy atom. The predicted octanol–water partition coefficient (Wildman–Crippen LogP) is 5.57. The minimum Gasteiger partial charge on any atom is -0.480 e. The van der Waals surface area contributed by atoms with E-state index in [9.17, 15) is 23.1 Å². The number of anilines is 1. The van der Waals surface area contributed by atoms with Crippen LogP contribution >= 0.6 is 0 Å². The molecular weight excluding hydrogens is 538 g/mol. The summed E-state index contributed by atoms with van der Waals surface area (Å²) in [4.78, 5) is 24.5. The molecule has 4 rings (SSSR count). The zero-order valence-electron chi connectivity index (χ0n) is 23.1. The Balaban J connectivity index is 1.42. The maximum absolute atomic E-state index is 13.1. The summed E-state index contributed by atoms with van der Waals surface area (Å²) in [6, 6.07) is 26.1. The van der Waals surface area contributed by atoms with Gasteiger partial charge < -0.3 is 15.7 Å². The molecule has 4 N–H and O–H groups in total. The second-order valence-electron chi connectivity index (χ2n) is 10.0. The van der Waals surface area contributed by atoms with Crippen molar-refractivity contribution in [3.8, 4) is 11.1 Å². The fourth-order valence-corrected chi connectivity index (χ4v) is 6.46. The summed E-state index contributed by atoms with van der Waals surface area (Å²) in [7, 11) is -4.06. The van der Waals surface area contributed by atoms with E-state index in [1.807, 2.05) is 67.6 Å². The first kappa shape index (κ1) is 29.5. The van der Waals surface area contributed by atoms with Gasteiger partial charge in [-0.15, -0.1) is 0 Å². The van der Waals surface area contributed by atoms with Crippen LogP contribution in [-0.4, -0.2) is 31.6 Å². The highest BCUT2D eigenvalue weighted by molar-refractivity contribution is 7.89. The number of rotatable bonds is 10. The first-order valence-electron chi connectivity index (χ1n) is 13.1. The van der Waals surface area contributed by atoms with Gasteiger partial charge in [0.2, 0.25) is 10.0 Å². The van der Waals surface area contributed by atoms with Crippen LogP contribution in [0.3, 0.4) is 0 Å². The molecule has 0 saturated heterocycles. The Bertz CT molecular complexity index is 1630. The lowest BCUT2D eigenvalue weighted by Crippen LogP contribution is -2.42. The Morgan fingerprint density at radius 1 is 0.780 bits per heavy atom. The number of urea groups is 1. The highest BCUT2D eigenvalue weighted by Gasteiger charge is 2.28. The molecule has 4 aromatic carbocycles. The molecule has 0 spiro atoms. The molecule has 9 heteroatoms. The molecule has 0 aromatic heterocycles. The van der Waals surface area contributed by atoms with E-state index in [0.29, 0.717) is 28.9 Å². The van der Waals surface area contributed by atoms with Crippen molar-refractivity contribution in [2.45, 2.75) is 44.7 Å². The van der Waals surface area contributed by atoms with E-state index in [1.54, 1.807) is 44.2 Å². The maximum atomic E-state index is 13.1. The van der Waals surface area contributed by atoms with Crippen LogP contribution in [0.5, 0.6) is 0 Å². The average molecular weight is 572 g/mol. The number of nitrogens with one attached hydrogen (secondary N) is 3. The topological polar surface area (TPSA) is 125 Å². The number of hydrogen-bond acceptors (Lipinski definition) is 4. The number of sulfonamides is 1. The summed E-state index contributed by atoms with van der Waals surface area (Å²) >= 11 is 0. The van der Waals surface area contributed by atoms with Crippen LogP contribution in [0.25, 0.3) is 11.1 Å². The third-order valence-electron chi connectivity index (χ3n) is 6.61. The standard InChI is InChI=1S/C32H33N3O5S/c1-21-16-22(2)30(23(3)17-21)41(39,40)35-29(31(36)37)18-24-12-14-26(15-13-24)27-10-7-11-28(19-27)34-32(38)33-20-25-8-5-4-6-9-25/h4-17,19,29,35H,18,20H2,1-3H3,(H,36,37)(H2,33,34,38)/t29-/m0/s1. The summed E-state index contributed by atoms with van der Waals surface area (Å²) in [5.41, 5.74) is 6.06. The van der Waals surface area contributed by atoms with E-state index in [0.717, 1.165) is 22.3 Å². The van der Waals surface area contributed by atoms with E-state index in [2.05, 4.69) is 15.4 Å². The van der Waals surface area contributed by atoms with E-state index >= 15 is 0 Å². The fourth-order valence-electron chi connectivity index (χ4n) is 4.82. The highest BCUT2D eigenvalue weighted by Crippen LogP contribution is 2.25. The van der Waals surface area contributed by atoms with Crippen LogP contribution in [0.4, 0.5) is 10.5 Å². The minimum absolute atomic E-state index is 0.0258. The Hall–Kier alpha value is -4.47. The summed E-state index contributed by atoms with van der Waals surface area (Å²) in [5.74, 6) is -1.26. The molecule has 0 aliphatic rings. The van der Waals surface area contributed by atoms with Gasteiger partial charge in [0.25, 0.3) is 0 Å². The number of carboxylic acids is 1. The summed E-state index contributed by atoms with van der Waals surface area (Å²) < 4.78 is 28.7. The molecular formula is C32H33N3O5S. The molecule has 41 heavy (non-hydrogen) atoms. The zero-order valence-corrected chi connectivity index (χ0v) is 24.0. The van der Waals surface area contributed by atoms with Gasteiger partial charge in [-0.3, -0.25) is 4.79 Å². The third kappa shape index (κ3) is 7.81. The van der Waals surface area contributed by atoms with Crippen LogP contribution in [-0.2, 0) is 27.8 Å². The molecule has 0 unspecified atom stereocenters. The summed E-state index contributed by atoms with van der Waals surface area (Å²) in [6.07, 6.45) is -0.0258. The van der Waals surface area contributed by atoms with Crippen molar-refractivity contribution < 1.29 is 23.1 Å². The number of benzene rings is 4. The fraction of sp³-hybridized carbons (Fsp3) is 0.188. The van der Waals surface area contributed by atoms with Crippen molar-refractivity contribution in [1.29, 1.82) is 0 Å². The smallest absolute Gasteiger partial charge is 0.322 e. The lowest BCUT2D eigenvalue weighted by molar-refractivity contribution is -0.138. The van der Waals surface area contributed by atoms with Gasteiger partial charge >= 0.3 is 12.0 Å². The summed E-state index contributed by atoms with van der Waals surface area (Å²) in [5, 5.41) is 15.5. The maximum Gasteiger partial charge on any atom is 0.322 e. The number of carbonyl (C=O) groups excluding carboxylic acids is 1. The monoisotopic (exact) mass is 571 g/mol. The zero-order chi connectivity index (χ0) is 29.6. The number of hydrogen-bond donors (Lipinski definition) is 4. The van der Waals surface area contributed by atoms with Gasteiger partial charge in [0.1, 0.15) is 6.04 Å². The van der Waals surface area contributed by atoms with Gasteiger partial charge in [-0.05, 0) is 72.7 Å². The molecule has 0 saturated carbocycles. The Labute approximate surface area is 240 Å². The van der Waals surface area contributed by atoms with Crippen molar-refractivity contribution in [2.75, 3.05) is 5.32 Å². The van der Waals surface area contributed by atoms with Gasteiger partial charge in [-0.1, -0.05) is 84.4 Å². The van der Waals surface area contributed by atoms with Crippen LogP contribution < -0.4 is 15.4 Å². The Morgan fingerprint density at radius 2 is 1.44 bits per heavy atom. The van der Waals surface area contributed by atoms with Gasteiger partial charge in [0, 0.05) is 12.2 Å². The first-order valence-corrected chi connectivity index (χ1v) is 14.6. The predicted molar refractivity (Wildman–Crippen MR) is 160 cm³/mol. The number of amides is 2. The SMILES string of the molecule is Cc1cc(C)c(S(=O)(=O)N[C@@H](Cc2ccc(-c3cccc(NC(=O)NCc4ccccc4)c3)cc2)C(=O)O)c(C)c1. The second-order valence-corrected chi connectivity index (χ2v) is 11.7. The largest absolute Gasteiger partial charge is 0.480 e. The first-order chi connectivity index (χ1) is 19.5. The van der Waals surface area contributed by atoms with E-state index in [4.69, 9.17) is 0 Å². The molecule has 0 aliphatic carbocycles. The van der Waals surface area contributed by atoms with Gasteiger partial charge in [-0.25, -0.2) is 13.2 Å². The van der Waals surface area contributed by atoms with Gasteiger partial charge in [-0.2, -0.15) is 4.72 Å². The van der Waals surface area contributed by atoms with Gasteiger partial charge in [0.15, 0.2) is 0 Å². The molecule has 212 valence electrons. The van der Waals surface area contributed by atoms with E-state index < -0.39 is 22.0 Å². The van der Waals surface area contributed by atoms with Crippen molar-refractivity contribution in [2.24, 2.45) is 0 Å². The molecule has 0 radical (unpaired) electrons. The molecule has 2 amide bonds. The second kappa shape index (κ2) is 12.8. The van der Waals surface area contributed by atoms with Crippen LogP contribution in [0.1, 0.15) is 27.8 Å². The van der Waals surface area contributed by atoms with Crippen molar-refractivity contribution in [1.82, 2.24) is 10.0 Å². The molecule has 1 atom stereocenters. The van der Waals surface area contributed by atoms with Crippen molar-refractivity contribution in [3.63, 3.8) is 0 Å². The van der Waals surface area contributed by atoms with E-state index in [1.165, 1.54) is 0 Å². The lowest BCUT2D eigenvalue weighted by atomic mass is 10.0. The quantitative estimate of drug-likeness (QED) is 0.198. The number of carboxylic acid groups (broad SMARTS) is 1. The van der Waals surface area contributed by atoms with Crippen LogP contribution in [0.2, 0.25) is 0 Å². The molecule has 8 nitrogen and oxygen atoms in total. The number of aryl methyl sites for hydroxylation is 3. The highest BCUT2D eigenvalue weighted by atomic mass is 32.2. The van der Waals surface area contributed by atoms with Gasteiger partial charge in [0.05, 0.1) is 4.90 Å². The van der Waals surface area contributed by atoms with E-state index in [-0.39, 0.29) is 17.3 Å². The van der Waals surface area contributed by atoms with Crippen LogP contribution in [0.15, 0.2) is 95.9 Å². The minimum atomic E-state index is -4.06. The van der Waals surface area contributed by atoms with Crippen molar-refractivity contribution >= 4 is 27.7 Å². The average Bonchev–Trinajstić information content (AvgIpc) is 2.92. The molecule has 0 fully saturated rings.